The van der Waals surface area contributed by atoms with Gasteiger partial charge in [0.15, 0.2) is 0 Å². The van der Waals surface area contributed by atoms with Crippen LogP contribution in [0.25, 0.3) is 6.08 Å². The van der Waals surface area contributed by atoms with E-state index in [1.54, 1.807) is 18.2 Å². The molecule has 29 heavy (non-hydrogen) atoms. The van der Waals surface area contributed by atoms with Gasteiger partial charge in [0.1, 0.15) is 6.54 Å². The third-order valence-corrected chi connectivity index (χ3v) is 6.06. The van der Waals surface area contributed by atoms with E-state index < -0.39 is 0 Å². The minimum absolute atomic E-state index is 0. The summed E-state index contributed by atoms with van der Waals surface area (Å²) >= 11 is 11.9. The number of nitrogens with zero attached hydrogens (tertiary/aromatic N) is 1. The summed E-state index contributed by atoms with van der Waals surface area (Å²) in [5.74, 6) is -0.137. The molecule has 0 aliphatic carbocycles. The Labute approximate surface area is 200 Å². The molecule has 0 aromatic heterocycles. The molecule has 0 radical (unpaired) electrons. The van der Waals surface area contributed by atoms with Crippen LogP contribution in [-0.4, -0.2) is 30.5 Å². The summed E-state index contributed by atoms with van der Waals surface area (Å²) in [6, 6.07) is 13.9. The molecule has 2 aromatic rings. The summed E-state index contributed by atoms with van der Waals surface area (Å²) in [7, 11) is 2.35. The highest BCUT2D eigenvalue weighted by atomic mass is 127. The van der Waals surface area contributed by atoms with Crippen molar-refractivity contribution in [1.29, 1.82) is 0 Å². The van der Waals surface area contributed by atoms with Crippen molar-refractivity contribution >= 4 is 35.2 Å². The highest BCUT2D eigenvalue weighted by Crippen LogP contribution is 2.23. The minimum Gasteiger partial charge on any atom is -1.00 e. The van der Waals surface area contributed by atoms with Crippen molar-refractivity contribution in [3.63, 3.8) is 0 Å². The number of nitrogens with one attached hydrogen (secondary N) is 1. The average Bonchev–Trinajstić information content (AvgIpc) is 2.68. The van der Waals surface area contributed by atoms with Gasteiger partial charge in [-0.25, -0.2) is 0 Å². The van der Waals surface area contributed by atoms with Crippen LogP contribution in [0.15, 0.2) is 48.5 Å². The van der Waals surface area contributed by atoms with Crippen LogP contribution < -0.4 is 29.3 Å². The number of halogens is 3. The molecule has 0 atom stereocenters. The highest BCUT2D eigenvalue weighted by molar-refractivity contribution is 6.42. The van der Waals surface area contributed by atoms with E-state index in [1.807, 2.05) is 6.07 Å². The first-order valence-corrected chi connectivity index (χ1v) is 10.5. The fraction of sp³-hybridized carbons (Fsp3) is 0.348. The van der Waals surface area contributed by atoms with Gasteiger partial charge in [-0.2, -0.15) is 0 Å². The van der Waals surface area contributed by atoms with Gasteiger partial charge < -0.3 is 33.8 Å². The van der Waals surface area contributed by atoms with Crippen molar-refractivity contribution in [3.8, 4) is 0 Å². The lowest BCUT2D eigenvalue weighted by Gasteiger charge is -2.37. The minimum atomic E-state index is -0.137. The van der Waals surface area contributed by atoms with Gasteiger partial charge in [0.05, 0.1) is 30.2 Å². The topological polar surface area (TPSA) is 29.1 Å². The molecule has 1 amide bonds. The summed E-state index contributed by atoms with van der Waals surface area (Å²) in [6.07, 6.45) is 7.26. The molecule has 156 valence electrons. The number of amides is 1. The first-order chi connectivity index (χ1) is 13.4. The number of benzene rings is 2. The molecule has 1 saturated heterocycles. The quantitative estimate of drug-likeness (QED) is 0.338. The molecule has 1 N–H and O–H groups in total. The third-order valence-electron chi connectivity index (χ3n) is 5.32. The van der Waals surface area contributed by atoms with Crippen LogP contribution in [0.4, 0.5) is 0 Å². The lowest BCUT2D eigenvalue weighted by molar-refractivity contribution is -0.926. The van der Waals surface area contributed by atoms with Crippen molar-refractivity contribution in [2.45, 2.75) is 32.4 Å². The molecule has 6 heteroatoms. The maximum Gasteiger partial charge on any atom is 0.244 e. The van der Waals surface area contributed by atoms with E-state index in [-0.39, 0.29) is 29.9 Å². The lowest BCUT2D eigenvalue weighted by Crippen LogP contribution is -3.00. The SMILES string of the molecule is C[N+]1(Cc2ccc(CNC(=O)C=Cc3ccc(Cl)c(Cl)c3)cc2)CCCCC1.[I-]. The molecule has 0 unspecified atom stereocenters. The molecule has 3 nitrogen and oxygen atoms in total. The largest absolute Gasteiger partial charge is 1.00 e. The van der Waals surface area contributed by atoms with E-state index in [1.165, 1.54) is 44.0 Å². The highest BCUT2D eigenvalue weighted by Gasteiger charge is 2.24. The molecular weight excluding hydrogens is 518 g/mol. The molecule has 3 rings (SSSR count). The summed E-state index contributed by atoms with van der Waals surface area (Å²) in [6.45, 7) is 4.13. The standard InChI is InChI=1S/C23H26Cl2N2O.HI/c1-27(13-3-2-4-14-27)17-20-7-5-19(6-8-20)16-26-23(28)12-10-18-9-11-21(24)22(25)15-18;/h5-12,15H,2-4,13-14,16-17H2,1H3;1H. The van der Waals surface area contributed by atoms with E-state index in [2.05, 4.69) is 36.6 Å². The van der Waals surface area contributed by atoms with Crippen LogP contribution in [0.2, 0.25) is 10.0 Å². The zero-order chi connectivity index (χ0) is 20.0. The Morgan fingerprint density at radius 3 is 2.31 bits per heavy atom. The predicted octanol–water partition coefficient (Wildman–Crippen LogP) is 2.46. The Hall–Kier alpha value is -1.08. The van der Waals surface area contributed by atoms with Gasteiger partial charge in [-0.1, -0.05) is 53.5 Å². The van der Waals surface area contributed by atoms with Gasteiger partial charge in [0.25, 0.3) is 0 Å². The van der Waals surface area contributed by atoms with Gasteiger partial charge >= 0.3 is 0 Å². The smallest absolute Gasteiger partial charge is 0.244 e. The Bertz CT molecular complexity index is 846. The second-order valence-corrected chi connectivity index (χ2v) is 8.64. The Balaban J connectivity index is 0.00000300. The van der Waals surface area contributed by atoms with Crippen LogP contribution in [0.1, 0.15) is 36.0 Å². The monoisotopic (exact) mass is 544 g/mol. The van der Waals surface area contributed by atoms with Gasteiger partial charge in [0.2, 0.25) is 5.91 Å². The van der Waals surface area contributed by atoms with Gasteiger partial charge in [0, 0.05) is 18.2 Å². The van der Waals surface area contributed by atoms with Crippen LogP contribution in [0.3, 0.4) is 0 Å². The number of carbonyl (C=O) groups excluding carboxylic acids is 1. The molecule has 1 fully saturated rings. The number of rotatable bonds is 6. The molecule has 1 aliphatic heterocycles. The van der Waals surface area contributed by atoms with E-state index in [4.69, 9.17) is 23.2 Å². The normalized spacial score (nSPS) is 15.7. The maximum atomic E-state index is 12.1. The van der Waals surface area contributed by atoms with Crippen molar-refractivity contribution < 1.29 is 33.3 Å². The molecule has 1 aliphatic rings. The van der Waals surface area contributed by atoms with E-state index in [9.17, 15) is 4.79 Å². The summed E-state index contributed by atoms with van der Waals surface area (Å²) in [5.41, 5.74) is 3.29. The average molecular weight is 545 g/mol. The third kappa shape index (κ3) is 7.59. The fourth-order valence-electron chi connectivity index (χ4n) is 3.67. The van der Waals surface area contributed by atoms with E-state index in [0.29, 0.717) is 16.6 Å². The summed E-state index contributed by atoms with van der Waals surface area (Å²) in [4.78, 5) is 12.1. The van der Waals surface area contributed by atoms with E-state index in [0.717, 1.165) is 22.2 Å². The number of hydrogen-bond acceptors (Lipinski definition) is 1. The van der Waals surface area contributed by atoms with Crippen molar-refractivity contribution in [3.05, 3.63) is 75.3 Å². The molecule has 0 saturated carbocycles. The Kier molecular flexibility index (Phi) is 9.47. The Morgan fingerprint density at radius 1 is 1.00 bits per heavy atom. The zero-order valence-electron chi connectivity index (χ0n) is 16.6. The Morgan fingerprint density at radius 2 is 1.66 bits per heavy atom. The van der Waals surface area contributed by atoms with Crippen molar-refractivity contribution in [2.24, 2.45) is 0 Å². The predicted molar refractivity (Wildman–Crippen MR) is 117 cm³/mol. The number of carbonyl (C=O) groups is 1. The van der Waals surface area contributed by atoms with Crippen molar-refractivity contribution in [1.82, 2.24) is 5.32 Å². The second kappa shape index (κ2) is 11.3. The summed E-state index contributed by atoms with van der Waals surface area (Å²) < 4.78 is 1.13. The van der Waals surface area contributed by atoms with Gasteiger partial charge in [-0.3, -0.25) is 4.79 Å². The molecule has 0 spiro atoms. The van der Waals surface area contributed by atoms with Crippen LogP contribution in [-0.2, 0) is 17.9 Å². The van der Waals surface area contributed by atoms with Gasteiger partial charge in [-0.05, 0) is 48.6 Å². The fourth-order valence-corrected chi connectivity index (χ4v) is 3.98. The maximum absolute atomic E-state index is 12.1. The van der Waals surface area contributed by atoms with Crippen LogP contribution in [0, 0.1) is 0 Å². The second-order valence-electron chi connectivity index (χ2n) is 7.83. The van der Waals surface area contributed by atoms with E-state index >= 15 is 0 Å². The van der Waals surface area contributed by atoms with Gasteiger partial charge in [-0.15, -0.1) is 0 Å². The zero-order valence-corrected chi connectivity index (χ0v) is 20.3. The molecule has 1 heterocycles. The van der Waals surface area contributed by atoms with Crippen molar-refractivity contribution in [2.75, 3.05) is 20.1 Å². The van der Waals surface area contributed by atoms with Crippen LogP contribution in [0.5, 0.6) is 0 Å². The number of piperidine rings is 1. The number of hydrogen-bond donors (Lipinski definition) is 1. The first-order valence-electron chi connectivity index (χ1n) is 9.76. The summed E-state index contributed by atoms with van der Waals surface area (Å²) in [5, 5.41) is 3.89. The number of likely N-dealkylation sites (tertiary alicyclic amines) is 1. The molecule has 2 aromatic carbocycles. The van der Waals surface area contributed by atoms with Crippen LogP contribution >= 0.6 is 23.2 Å². The molecular formula is C23H27Cl2IN2O. The molecule has 0 bridgehead atoms. The lowest BCUT2D eigenvalue weighted by atomic mass is 10.1. The number of quaternary nitrogens is 1. The first kappa shape index (κ1) is 24.2.